The van der Waals surface area contributed by atoms with Gasteiger partial charge in [0.25, 0.3) is 0 Å². The van der Waals surface area contributed by atoms with Crippen LogP contribution in [0.25, 0.3) is 0 Å². The Kier molecular flexibility index (Phi) is 4.84. The Labute approximate surface area is 159 Å². The van der Waals surface area contributed by atoms with Gasteiger partial charge in [-0.15, -0.1) is 0 Å². The maximum atomic E-state index is 13.1. The zero-order valence-corrected chi connectivity index (χ0v) is 16.6. The van der Waals surface area contributed by atoms with E-state index in [4.69, 9.17) is 4.74 Å². The third-order valence-electron chi connectivity index (χ3n) is 4.66. The standard InChI is InChI=1S/C21H27N3O3/c1-14-8-15(2)10-16(9-14)24-13-21(12-18(24)25,11-17-22-6-7-23-17)19(26)27-20(3,4)5/h6-10H,11-13H2,1-5H3,(H,22,23). The van der Waals surface area contributed by atoms with E-state index in [2.05, 4.69) is 16.0 Å². The van der Waals surface area contributed by atoms with Gasteiger partial charge in [0.05, 0.1) is 0 Å². The number of anilines is 1. The van der Waals surface area contributed by atoms with Crippen molar-refractivity contribution in [2.24, 2.45) is 5.41 Å². The predicted molar refractivity (Wildman–Crippen MR) is 103 cm³/mol. The molecule has 0 bridgehead atoms. The topological polar surface area (TPSA) is 75.3 Å². The molecular formula is C21H27N3O3. The van der Waals surface area contributed by atoms with Crippen molar-refractivity contribution in [3.8, 4) is 0 Å². The number of amides is 1. The largest absolute Gasteiger partial charge is 0.459 e. The van der Waals surface area contributed by atoms with E-state index >= 15 is 0 Å². The summed E-state index contributed by atoms with van der Waals surface area (Å²) in [6.07, 6.45) is 3.81. The lowest BCUT2D eigenvalue weighted by Crippen LogP contribution is -2.42. The Morgan fingerprint density at radius 3 is 2.48 bits per heavy atom. The van der Waals surface area contributed by atoms with Crippen LogP contribution in [0, 0.1) is 19.3 Å². The summed E-state index contributed by atoms with van der Waals surface area (Å²) in [6.45, 7) is 9.80. The van der Waals surface area contributed by atoms with Gasteiger partial charge < -0.3 is 14.6 Å². The molecule has 6 heteroatoms. The number of aryl methyl sites for hydroxylation is 2. The molecule has 2 heterocycles. The fourth-order valence-electron chi connectivity index (χ4n) is 3.60. The molecule has 1 aromatic carbocycles. The number of aromatic nitrogens is 2. The molecule has 2 aromatic rings. The Morgan fingerprint density at radius 2 is 1.93 bits per heavy atom. The summed E-state index contributed by atoms with van der Waals surface area (Å²) in [4.78, 5) is 35.0. The lowest BCUT2D eigenvalue weighted by atomic mass is 9.83. The highest BCUT2D eigenvalue weighted by Crippen LogP contribution is 2.39. The van der Waals surface area contributed by atoms with Gasteiger partial charge in [0.2, 0.25) is 5.91 Å². The molecule has 3 rings (SSSR count). The molecule has 1 N–H and O–H groups in total. The van der Waals surface area contributed by atoms with Crippen molar-refractivity contribution in [3.05, 3.63) is 47.5 Å². The third kappa shape index (κ3) is 4.21. The first-order valence-electron chi connectivity index (χ1n) is 9.18. The second-order valence-electron chi connectivity index (χ2n) is 8.50. The molecule has 1 fully saturated rings. The number of benzene rings is 1. The van der Waals surface area contributed by atoms with Gasteiger partial charge in [-0.25, -0.2) is 4.98 Å². The Hall–Kier alpha value is -2.63. The monoisotopic (exact) mass is 369 g/mol. The van der Waals surface area contributed by atoms with E-state index in [1.807, 2.05) is 46.8 Å². The number of nitrogens with zero attached hydrogens (tertiary/aromatic N) is 2. The fraction of sp³-hybridized carbons (Fsp3) is 0.476. The zero-order chi connectivity index (χ0) is 19.8. The molecule has 1 atom stereocenters. The number of imidazole rings is 1. The molecule has 0 spiro atoms. The number of nitrogens with one attached hydrogen (secondary N) is 1. The van der Waals surface area contributed by atoms with E-state index in [1.165, 1.54) is 0 Å². The molecule has 0 aliphatic carbocycles. The van der Waals surface area contributed by atoms with Gasteiger partial charge in [0, 0.05) is 37.5 Å². The highest BCUT2D eigenvalue weighted by Gasteiger charge is 2.52. The summed E-state index contributed by atoms with van der Waals surface area (Å²) in [5.74, 6) is 0.250. The van der Waals surface area contributed by atoms with Crippen molar-refractivity contribution in [1.82, 2.24) is 9.97 Å². The van der Waals surface area contributed by atoms with Gasteiger partial charge in [-0.1, -0.05) is 6.07 Å². The summed E-state index contributed by atoms with van der Waals surface area (Å²) in [7, 11) is 0. The molecule has 0 radical (unpaired) electrons. The van der Waals surface area contributed by atoms with Gasteiger partial charge in [-0.2, -0.15) is 0 Å². The summed E-state index contributed by atoms with van der Waals surface area (Å²) in [6, 6.07) is 6.01. The van der Waals surface area contributed by atoms with E-state index in [1.54, 1.807) is 17.3 Å². The Balaban J connectivity index is 1.96. The van der Waals surface area contributed by atoms with Crippen LogP contribution >= 0.6 is 0 Å². The molecular weight excluding hydrogens is 342 g/mol. The molecule has 6 nitrogen and oxygen atoms in total. The number of carbonyl (C=O) groups excluding carboxylic acids is 2. The van der Waals surface area contributed by atoms with Gasteiger partial charge in [0.15, 0.2) is 0 Å². The minimum Gasteiger partial charge on any atom is -0.459 e. The SMILES string of the molecule is Cc1cc(C)cc(N2CC(Cc3ncc[nH]3)(C(=O)OC(C)(C)C)CC2=O)c1. The van der Waals surface area contributed by atoms with Crippen LogP contribution in [0.4, 0.5) is 5.69 Å². The second kappa shape index (κ2) is 6.83. The lowest BCUT2D eigenvalue weighted by Gasteiger charge is -2.30. The van der Waals surface area contributed by atoms with E-state index in [0.29, 0.717) is 12.2 Å². The molecule has 0 saturated carbocycles. The van der Waals surface area contributed by atoms with Crippen LogP contribution in [0.2, 0.25) is 0 Å². The number of carbonyl (C=O) groups is 2. The number of esters is 1. The maximum Gasteiger partial charge on any atom is 0.315 e. The first-order chi connectivity index (χ1) is 12.6. The molecule has 1 aliphatic rings. The predicted octanol–water partition coefficient (Wildman–Crippen LogP) is 3.33. The average Bonchev–Trinajstić information content (AvgIpc) is 3.13. The molecule has 1 saturated heterocycles. The first-order valence-corrected chi connectivity index (χ1v) is 9.18. The number of rotatable bonds is 4. The summed E-state index contributed by atoms with van der Waals surface area (Å²) in [5.41, 5.74) is 1.41. The molecule has 1 aromatic heterocycles. The van der Waals surface area contributed by atoms with Crippen molar-refractivity contribution >= 4 is 17.6 Å². The third-order valence-corrected chi connectivity index (χ3v) is 4.66. The van der Waals surface area contributed by atoms with E-state index in [0.717, 1.165) is 16.8 Å². The van der Waals surface area contributed by atoms with E-state index in [9.17, 15) is 9.59 Å². The summed E-state index contributed by atoms with van der Waals surface area (Å²) >= 11 is 0. The maximum absolute atomic E-state index is 13.1. The van der Waals surface area contributed by atoms with Gasteiger partial charge >= 0.3 is 5.97 Å². The Bertz CT molecular complexity index is 832. The van der Waals surface area contributed by atoms with Crippen LogP contribution in [-0.2, 0) is 20.7 Å². The first kappa shape index (κ1) is 19.1. The molecule has 1 aliphatic heterocycles. The van der Waals surface area contributed by atoms with Crippen LogP contribution in [0.15, 0.2) is 30.6 Å². The molecule has 1 unspecified atom stereocenters. The number of hydrogen-bond donors (Lipinski definition) is 1. The quantitative estimate of drug-likeness (QED) is 0.839. The number of aromatic amines is 1. The highest BCUT2D eigenvalue weighted by atomic mass is 16.6. The molecule has 27 heavy (non-hydrogen) atoms. The van der Waals surface area contributed by atoms with Gasteiger partial charge in [0.1, 0.15) is 16.8 Å². The summed E-state index contributed by atoms with van der Waals surface area (Å²) < 4.78 is 5.69. The zero-order valence-electron chi connectivity index (χ0n) is 16.6. The number of H-pyrrole nitrogens is 1. The summed E-state index contributed by atoms with van der Waals surface area (Å²) in [5, 5.41) is 0. The number of ether oxygens (including phenoxy) is 1. The second-order valence-corrected chi connectivity index (χ2v) is 8.50. The molecule has 1 amide bonds. The van der Waals surface area contributed by atoms with Crippen LogP contribution in [0.3, 0.4) is 0 Å². The van der Waals surface area contributed by atoms with Crippen molar-refractivity contribution in [2.45, 2.75) is 53.1 Å². The fourth-order valence-corrected chi connectivity index (χ4v) is 3.60. The van der Waals surface area contributed by atoms with Crippen LogP contribution in [-0.4, -0.2) is 34.0 Å². The minimum atomic E-state index is -0.958. The highest BCUT2D eigenvalue weighted by molar-refractivity contribution is 6.01. The average molecular weight is 369 g/mol. The van der Waals surface area contributed by atoms with E-state index in [-0.39, 0.29) is 24.8 Å². The smallest absolute Gasteiger partial charge is 0.315 e. The number of hydrogen-bond acceptors (Lipinski definition) is 4. The van der Waals surface area contributed by atoms with Crippen molar-refractivity contribution in [3.63, 3.8) is 0 Å². The van der Waals surface area contributed by atoms with Crippen molar-refractivity contribution in [2.75, 3.05) is 11.4 Å². The van der Waals surface area contributed by atoms with E-state index < -0.39 is 11.0 Å². The van der Waals surface area contributed by atoms with Crippen molar-refractivity contribution < 1.29 is 14.3 Å². The lowest BCUT2D eigenvalue weighted by molar-refractivity contribution is -0.167. The van der Waals surface area contributed by atoms with Crippen molar-refractivity contribution in [1.29, 1.82) is 0 Å². The minimum absolute atomic E-state index is 0.0718. The molecule has 144 valence electrons. The Morgan fingerprint density at radius 1 is 1.26 bits per heavy atom. The normalized spacial score (nSPS) is 20.2. The van der Waals surface area contributed by atoms with Gasteiger partial charge in [-0.3, -0.25) is 9.59 Å². The van der Waals surface area contributed by atoms with Crippen LogP contribution < -0.4 is 4.90 Å². The van der Waals surface area contributed by atoms with Gasteiger partial charge in [-0.05, 0) is 57.9 Å². The van der Waals surface area contributed by atoms with Crippen LogP contribution in [0.5, 0.6) is 0 Å². The van der Waals surface area contributed by atoms with Crippen LogP contribution in [0.1, 0.15) is 44.1 Å².